The van der Waals surface area contributed by atoms with E-state index in [0.29, 0.717) is 38.0 Å². The Morgan fingerprint density at radius 3 is 2.05 bits per heavy atom. The molecule has 0 bridgehead atoms. The Labute approximate surface area is 121 Å². The molecule has 0 aliphatic carbocycles. The lowest BCUT2D eigenvalue weighted by Gasteiger charge is -2.38. The molecule has 2 aliphatic rings. The van der Waals surface area contributed by atoms with Crippen molar-refractivity contribution in [2.75, 3.05) is 51.7 Å². The van der Waals surface area contributed by atoms with Crippen LogP contribution in [0.4, 0.5) is 0 Å². The number of piperidine rings is 1. The summed E-state index contributed by atoms with van der Waals surface area (Å²) in [6.07, 6.45) is 1.96. The van der Waals surface area contributed by atoms with E-state index in [1.54, 1.807) is 8.61 Å². The molecule has 0 unspecified atom stereocenters. The molecule has 0 atom stereocenters. The summed E-state index contributed by atoms with van der Waals surface area (Å²) in [5.74, 6) is 1.25. The zero-order valence-corrected chi connectivity index (χ0v) is 13.2. The van der Waals surface area contributed by atoms with E-state index in [9.17, 15) is 8.42 Å². The third-order valence-corrected chi connectivity index (χ3v) is 6.33. The van der Waals surface area contributed by atoms with Crippen molar-refractivity contribution >= 4 is 21.8 Å². The molecule has 2 heterocycles. The first-order chi connectivity index (χ1) is 9.04. The van der Waals surface area contributed by atoms with Gasteiger partial charge in [-0.3, -0.25) is 4.90 Å². The smallest absolute Gasteiger partial charge is 0.282 e. The van der Waals surface area contributed by atoms with Crippen molar-refractivity contribution in [2.45, 2.75) is 19.8 Å². The highest BCUT2D eigenvalue weighted by Gasteiger charge is 2.33. The highest BCUT2D eigenvalue weighted by atomic mass is 35.5. The van der Waals surface area contributed by atoms with Crippen molar-refractivity contribution in [3.05, 3.63) is 0 Å². The van der Waals surface area contributed by atoms with Gasteiger partial charge in [-0.2, -0.15) is 17.0 Å². The van der Waals surface area contributed by atoms with Gasteiger partial charge in [0.25, 0.3) is 10.2 Å². The summed E-state index contributed by atoms with van der Waals surface area (Å²) in [4.78, 5) is 2.22. The molecule has 2 saturated heterocycles. The van der Waals surface area contributed by atoms with Crippen LogP contribution < -0.4 is 0 Å². The predicted octanol–water partition coefficient (Wildman–Crippen LogP) is 0.819. The van der Waals surface area contributed by atoms with Gasteiger partial charge in [-0.15, -0.1) is 11.6 Å². The summed E-state index contributed by atoms with van der Waals surface area (Å²) in [6, 6.07) is 0. The molecular formula is C12H24ClN3O2S. The summed E-state index contributed by atoms with van der Waals surface area (Å²) in [6.45, 7) is 7.13. The van der Waals surface area contributed by atoms with E-state index in [-0.39, 0.29) is 0 Å². The SMILES string of the molecule is CC1CCN(S(=O)(=O)N2CCN(CCCl)CC2)CC1. The van der Waals surface area contributed by atoms with Gasteiger partial charge in [0, 0.05) is 51.7 Å². The van der Waals surface area contributed by atoms with E-state index in [0.717, 1.165) is 32.5 Å². The van der Waals surface area contributed by atoms with E-state index < -0.39 is 10.2 Å². The highest BCUT2D eigenvalue weighted by Crippen LogP contribution is 2.21. The maximum Gasteiger partial charge on any atom is 0.282 e. The predicted molar refractivity (Wildman–Crippen MR) is 77.6 cm³/mol. The molecule has 2 rings (SSSR count). The van der Waals surface area contributed by atoms with Crippen LogP contribution in [-0.4, -0.2) is 73.6 Å². The van der Waals surface area contributed by atoms with Crippen molar-refractivity contribution in [3.63, 3.8) is 0 Å². The molecule has 2 fully saturated rings. The number of halogens is 1. The zero-order valence-electron chi connectivity index (χ0n) is 11.6. The van der Waals surface area contributed by atoms with E-state index in [1.807, 2.05) is 0 Å². The average molecular weight is 310 g/mol. The minimum absolute atomic E-state index is 0.589. The lowest BCUT2D eigenvalue weighted by atomic mass is 10.0. The third-order valence-electron chi connectivity index (χ3n) is 4.13. The van der Waals surface area contributed by atoms with E-state index in [2.05, 4.69) is 11.8 Å². The van der Waals surface area contributed by atoms with Crippen LogP contribution in [0.15, 0.2) is 0 Å². The number of alkyl halides is 1. The number of piperazine rings is 1. The third kappa shape index (κ3) is 3.82. The van der Waals surface area contributed by atoms with E-state index >= 15 is 0 Å². The molecule has 0 radical (unpaired) electrons. The van der Waals surface area contributed by atoms with Crippen LogP contribution in [0.3, 0.4) is 0 Å². The summed E-state index contributed by atoms with van der Waals surface area (Å²) >= 11 is 5.71. The molecule has 0 N–H and O–H groups in total. The Bertz CT molecular complexity index is 374. The van der Waals surface area contributed by atoms with Crippen molar-refractivity contribution in [2.24, 2.45) is 5.92 Å². The fourth-order valence-corrected chi connectivity index (χ4v) is 4.54. The number of hydrogen-bond acceptors (Lipinski definition) is 3. The topological polar surface area (TPSA) is 43.9 Å². The second kappa shape index (κ2) is 6.72. The molecule has 5 nitrogen and oxygen atoms in total. The second-order valence-corrected chi connectivity index (χ2v) is 7.83. The van der Waals surface area contributed by atoms with Gasteiger partial charge in [0.15, 0.2) is 0 Å². The molecule has 0 aromatic rings. The van der Waals surface area contributed by atoms with Gasteiger partial charge >= 0.3 is 0 Å². The summed E-state index contributed by atoms with van der Waals surface area (Å²) in [5, 5.41) is 0. The van der Waals surface area contributed by atoms with Crippen LogP contribution >= 0.6 is 11.6 Å². The standard InChI is InChI=1S/C12H24ClN3O2S/c1-12-2-5-15(6-3-12)19(17,18)16-10-8-14(7-4-13)9-11-16/h12H,2-11H2,1H3. The summed E-state index contributed by atoms with van der Waals surface area (Å²) in [7, 11) is -3.24. The van der Waals surface area contributed by atoms with Gasteiger partial charge in [-0.1, -0.05) is 6.92 Å². The fourth-order valence-electron chi connectivity index (χ4n) is 2.68. The largest absolute Gasteiger partial charge is 0.300 e. The quantitative estimate of drug-likeness (QED) is 0.722. The van der Waals surface area contributed by atoms with Crippen LogP contribution in [0, 0.1) is 5.92 Å². The molecule has 112 valence electrons. The molecular weight excluding hydrogens is 286 g/mol. The first kappa shape index (κ1) is 15.5. The van der Waals surface area contributed by atoms with Crippen LogP contribution in [-0.2, 0) is 10.2 Å². The minimum Gasteiger partial charge on any atom is -0.300 e. The monoisotopic (exact) mass is 309 g/mol. The normalized spacial score (nSPS) is 25.8. The molecule has 2 aliphatic heterocycles. The molecule has 19 heavy (non-hydrogen) atoms. The fraction of sp³-hybridized carbons (Fsp3) is 1.00. The molecule has 0 spiro atoms. The van der Waals surface area contributed by atoms with Crippen molar-refractivity contribution in [1.82, 2.24) is 13.5 Å². The van der Waals surface area contributed by atoms with Gasteiger partial charge < -0.3 is 0 Å². The number of rotatable bonds is 4. The van der Waals surface area contributed by atoms with Gasteiger partial charge in [0.1, 0.15) is 0 Å². The maximum atomic E-state index is 12.5. The van der Waals surface area contributed by atoms with Crippen molar-refractivity contribution in [3.8, 4) is 0 Å². The second-order valence-electron chi connectivity index (χ2n) is 5.52. The van der Waals surface area contributed by atoms with Crippen molar-refractivity contribution < 1.29 is 8.42 Å². The van der Waals surface area contributed by atoms with E-state index in [4.69, 9.17) is 11.6 Å². The van der Waals surface area contributed by atoms with Gasteiger partial charge in [0.05, 0.1) is 0 Å². The molecule has 0 amide bonds. The van der Waals surface area contributed by atoms with Crippen LogP contribution in [0.2, 0.25) is 0 Å². The molecule has 0 aromatic carbocycles. The Balaban J connectivity index is 1.90. The lowest BCUT2D eigenvalue weighted by Crippen LogP contribution is -2.54. The average Bonchev–Trinajstić information content (AvgIpc) is 2.40. The highest BCUT2D eigenvalue weighted by molar-refractivity contribution is 7.86. The van der Waals surface area contributed by atoms with Crippen molar-refractivity contribution in [1.29, 1.82) is 0 Å². The van der Waals surface area contributed by atoms with Gasteiger partial charge in [-0.05, 0) is 18.8 Å². The number of nitrogens with zero attached hydrogens (tertiary/aromatic N) is 3. The Kier molecular flexibility index (Phi) is 5.48. The Morgan fingerprint density at radius 2 is 1.53 bits per heavy atom. The molecule has 0 saturated carbocycles. The lowest BCUT2D eigenvalue weighted by molar-refractivity contribution is 0.183. The van der Waals surface area contributed by atoms with Gasteiger partial charge in [-0.25, -0.2) is 0 Å². The van der Waals surface area contributed by atoms with Crippen LogP contribution in [0.25, 0.3) is 0 Å². The Hall–Kier alpha value is 0.120. The number of hydrogen-bond donors (Lipinski definition) is 0. The molecule has 7 heteroatoms. The first-order valence-corrected chi connectivity index (χ1v) is 9.00. The van der Waals surface area contributed by atoms with Crippen LogP contribution in [0.1, 0.15) is 19.8 Å². The van der Waals surface area contributed by atoms with Gasteiger partial charge in [0.2, 0.25) is 0 Å². The van der Waals surface area contributed by atoms with Crippen LogP contribution in [0.5, 0.6) is 0 Å². The molecule has 0 aromatic heterocycles. The first-order valence-electron chi connectivity index (χ1n) is 7.07. The minimum atomic E-state index is -3.24. The summed E-state index contributed by atoms with van der Waals surface area (Å²) in [5.41, 5.74) is 0. The zero-order chi connectivity index (χ0) is 13.9. The van der Waals surface area contributed by atoms with E-state index in [1.165, 1.54) is 0 Å². The summed E-state index contributed by atoms with van der Waals surface area (Å²) < 4.78 is 28.3. The Morgan fingerprint density at radius 1 is 1.00 bits per heavy atom. The maximum absolute atomic E-state index is 12.5.